The van der Waals surface area contributed by atoms with E-state index >= 15 is 0 Å². The highest BCUT2D eigenvalue weighted by Crippen LogP contribution is 2.13. The first-order chi connectivity index (χ1) is 12.5. The number of rotatable bonds is 6. The maximum Gasteiger partial charge on any atom is 0.329 e. The van der Waals surface area contributed by atoms with Crippen LogP contribution >= 0.6 is 0 Å². The van der Waals surface area contributed by atoms with Crippen molar-refractivity contribution in [2.24, 2.45) is 0 Å². The first-order valence-electron chi connectivity index (χ1n) is 8.71. The van der Waals surface area contributed by atoms with Gasteiger partial charge in [-0.25, -0.2) is 9.18 Å². The van der Waals surface area contributed by atoms with Crippen LogP contribution in [0.15, 0.2) is 47.3 Å². The number of halogens is 1. The van der Waals surface area contributed by atoms with Gasteiger partial charge in [0.25, 0.3) is 0 Å². The molecule has 0 unspecified atom stereocenters. The van der Waals surface area contributed by atoms with Gasteiger partial charge in [-0.2, -0.15) is 0 Å². The molecule has 0 atom stereocenters. The van der Waals surface area contributed by atoms with Crippen LogP contribution in [-0.2, 0) is 24.4 Å². The van der Waals surface area contributed by atoms with Crippen molar-refractivity contribution < 1.29 is 9.18 Å². The minimum atomic E-state index is -0.258. The van der Waals surface area contributed by atoms with Gasteiger partial charge in [0, 0.05) is 26.1 Å². The Hall–Kier alpha value is -2.89. The molecular weight excluding hydrogens is 333 g/mol. The maximum atomic E-state index is 13.3. The molecule has 0 bridgehead atoms. The Balaban J connectivity index is 1.66. The average molecular weight is 355 g/mol. The van der Waals surface area contributed by atoms with Gasteiger partial charge >= 0.3 is 5.69 Å². The second-order valence-corrected chi connectivity index (χ2v) is 6.28. The van der Waals surface area contributed by atoms with Gasteiger partial charge in [-0.15, -0.1) is 0 Å². The highest BCUT2D eigenvalue weighted by atomic mass is 19.1. The molecule has 5 nitrogen and oxygen atoms in total. The first kappa shape index (κ1) is 17.9. The van der Waals surface area contributed by atoms with Crippen molar-refractivity contribution in [3.63, 3.8) is 0 Å². The fourth-order valence-corrected chi connectivity index (χ4v) is 3.11. The van der Waals surface area contributed by atoms with Crippen molar-refractivity contribution >= 4 is 16.9 Å². The summed E-state index contributed by atoms with van der Waals surface area (Å²) >= 11 is 0. The quantitative estimate of drug-likeness (QED) is 0.739. The number of nitrogens with zero attached hydrogens (tertiary/aromatic N) is 2. The van der Waals surface area contributed by atoms with Crippen LogP contribution < -0.4 is 11.0 Å². The Morgan fingerprint density at radius 3 is 2.46 bits per heavy atom. The smallest absolute Gasteiger partial charge is 0.329 e. The molecule has 0 aliphatic carbocycles. The number of carbonyl (C=O) groups is 1. The van der Waals surface area contributed by atoms with E-state index in [9.17, 15) is 14.0 Å². The van der Waals surface area contributed by atoms with Gasteiger partial charge in [-0.3, -0.25) is 13.9 Å². The van der Waals surface area contributed by atoms with Gasteiger partial charge in [0.05, 0.1) is 11.0 Å². The third-order valence-electron chi connectivity index (χ3n) is 4.52. The van der Waals surface area contributed by atoms with Crippen molar-refractivity contribution in [2.75, 3.05) is 0 Å². The van der Waals surface area contributed by atoms with Crippen molar-refractivity contribution in [1.29, 1.82) is 0 Å². The molecule has 26 heavy (non-hydrogen) atoms. The summed E-state index contributed by atoms with van der Waals surface area (Å²) in [5.74, 6) is -0.404. The van der Waals surface area contributed by atoms with Crippen molar-refractivity contribution in [3.8, 4) is 0 Å². The molecular formula is C20H22FN3O2. The lowest BCUT2D eigenvalue weighted by Gasteiger charge is -2.07. The minimum absolute atomic E-state index is 0.101. The lowest BCUT2D eigenvalue weighted by molar-refractivity contribution is -0.121. The maximum absolute atomic E-state index is 13.3. The number of imidazole rings is 1. The van der Waals surface area contributed by atoms with Crippen molar-refractivity contribution in [1.82, 2.24) is 14.5 Å². The van der Waals surface area contributed by atoms with Crippen LogP contribution in [-0.4, -0.2) is 15.0 Å². The van der Waals surface area contributed by atoms with Crippen LogP contribution in [0.5, 0.6) is 0 Å². The molecule has 3 rings (SSSR count). The van der Waals surface area contributed by atoms with Crippen molar-refractivity contribution in [3.05, 3.63) is 69.9 Å². The molecule has 0 saturated carbocycles. The number of hydrogen-bond donors (Lipinski definition) is 1. The summed E-state index contributed by atoms with van der Waals surface area (Å²) in [4.78, 5) is 24.7. The number of carbonyl (C=O) groups excluding carboxylic acids is 1. The summed E-state index contributed by atoms with van der Waals surface area (Å²) in [6, 6.07) is 12.4. The highest BCUT2D eigenvalue weighted by Gasteiger charge is 2.12. The zero-order valence-corrected chi connectivity index (χ0v) is 15.0. The second-order valence-electron chi connectivity index (χ2n) is 6.28. The van der Waals surface area contributed by atoms with E-state index in [4.69, 9.17) is 0 Å². The van der Waals surface area contributed by atoms with E-state index in [1.54, 1.807) is 28.2 Å². The molecule has 3 aromatic rings. The largest absolute Gasteiger partial charge is 0.352 e. The van der Waals surface area contributed by atoms with E-state index in [0.29, 0.717) is 25.2 Å². The van der Waals surface area contributed by atoms with E-state index < -0.39 is 0 Å². The summed E-state index contributed by atoms with van der Waals surface area (Å²) in [6.45, 7) is 4.86. The Morgan fingerprint density at radius 1 is 1.12 bits per heavy atom. The minimum Gasteiger partial charge on any atom is -0.352 e. The summed E-state index contributed by atoms with van der Waals surface area (Å²) in [6.07, 6.45) is 0.206. The van der Waals surface area contributed by atoms with Crippen LogP contribution in [0.2, 0.25) is 0 Å². The summed E-state index contributed by atoms with van der Waals surface area (Å²) in [5, 5.41) is 2.82. The SMILES string of the molecule is CCn1c(=O)n(CCC(=O)NCc2ccc(F)c(C)c2)c2ccccc21. The van der Waals surface area contributed by atoms with Crippen LogP contribution in [0.3, 0.4) is 0 Å². The van der Waals surface area contributed by atoms with E-state index in [1.165, 1.54) is 6.07 Å². The summed E-state index contributed by atoms with van der Waals surface area (Å²) < 4.78 is 16.6. The molecule has 6 heteroatoms. The highest BCUT2D eigenvalue weighted by molar-refractivity contribution is 5.78. The molecule has 1 amide bonds. The average Bonchev–Trinajstić information content (AvgIpc) is 2.91. The van der Waals surface area contributed by atoms with Crippen LogP contribution in [0, 0.1) is 12.7 Å². The zero-order valence-electron chi connectivity index (χ0n) is 15.0. The number of nitrogens with one attached hydrogen (secondary N) is 1. The number of fused-ring (bicyclic) bond motifs is 1. The summed E-state index contributed by atoms with van der Waals surface area (Å²) in [5.41, 5.74) is 3.01. The standard InChI is InChI=1S/C20H22FN3O2/c1-3-23-17-6-4-5-7-18(17)24(20(23)26)11-10-19(25)22-13-15-8-9-16(21)14(2)12-15/h4-9,12H,3,10-11,13H2,1-2H3,(H,22,25). The third-order valence-corrected chi connectivity index (χ3v) is 4.52. The predicted octanol–water partition coefficient (Wildman–Crippen LogP) is 2.98. The molecule has 0 saturated heterocycles. The molecule has 1 aromatic heterocycles. The molecule has 1 N–H and O–H groups in total. The molecule has 2 aromatic carbocycles. The zero-order chi connectivity index (χ0) is 18.7. The van der Waals surface area contributed by atoms with Crippen LogP contribution in [0.25, 0.3) is 11.0 Å². The molecule has 0 aliphatic rings. The Labute approximate surface area is 151 Å². The number of hydrogen-bond acceptors (Lipinski definition) is 2. The Morgan fingerprint density at radius 2 is 1.81 bits per heavy atom. The van der Waals surface area contributed by atoms with Crippen LogP contribution in [0.4, 0.5) is 4.39 Å². The van der Waals surface area contributed by atoms with E-state index in [-0.39, 0.29) is 23.8 Å². The number of aromatic nitrogens is 2. The van der Waals surface area contributed by atoms with Gasteiger partial charge in [0.15, 0.2) is 0 Å². The topological polar surface area (TPSA) is 56.0 Å². The Bertz CT molecular complexity index is 1000. The number of amides is 1. The summed E-state index contributed by atoms with van der Waals surface area (Å²) in [7, 11) is 0. The molecule has 1 heterocycles. The lowest BCUT2D eigenvalue weighted by Crippen LogP contribution is -2.28. The Kier molecular flexibility index (Phi) is 5.21. The number of para-hydroxylation sites is 2. The van der Waals surface area contributed by atoms with Gasteiger partial charge < -0.3 is 5.32 Å². The molecule has 136 valence electrons. The first-order valence-corrected chi connectivity index (χ1v) is 8.71. The van der Waals surface area contributed by atoms with E-state index in [1.807, 2.05) is 31.2 Å². The van der Waals surface area contributed by atoms with Gasteiger partial charge in [0.2, 0.25) is 5.91 Å². The lowest BCUT2D eigenvalue weighted by atomic mass is 10.1. The third kappa shape index (κ3) is 3.54. The van der Waals surface area contributed by atoms with E-state index in [2.05, 4.69) is 5.32 Å². The fourth-order valence-electron chi connectivity index (χ4n) is 3.11. The predicted molar refractivity (Wildman–Crippen MR) is 99.5 cm³/mol. The van der Waals surface area contributed by atoms with Crippen LogP contribution in [0.1, 0.15) is 24.5 Å². The number of benzene rings is 2. The normalized spacial score (nSPS) is 11.0. The molecule has 0 fully saturated rings. The van der Waals surface area contributed by atoms with Gasteiger partial charge in [-0.1, -0.05) is 24.3 Å². The number of aryl methyl sites for hydroxylation is 3. The van der Waals surface area contributed by atoms with Gasteiger partial charge in [-0.05, 0) is 43.2 Å². The van der Waals surface area contributed by atoms with Gasteiger partial charge in [0.1, 0.15) is 5.82 Å². The monoisotopic (exact) mass is 355 g/mol. The molecule has 0 aliphatic heterocycles. The fraction of sp³-hybridized carbons (Fsp3) is 0.300. The van der Waals surface area contributed by atoms with E-state index in [0.717, 1.165) is 16.6 Å². The molecule has 0 spiro atoms. The second kappa shape index (κ2) is 7.56. The van der Waals surface area contributed by atoms with Crippen molar-refractivity contribution in [2.45, 2.75) is 39.9 Å². The molecule has 0 radical (unpaired) electrons.